The van der Waals surface area contributed by atoms with Crippen molar-refractivity contribution in [3.63, 3.8) is 0 Å². The summed E-state index contributed by atoms with van der Waals surface area (Å²) in [7, 11) is 1.65. The van der Waals surface area contributed by atoms with E-state index in [0.717, 1.165) is 62.9 Å². The lowest BCUT2D eigenvalue weighted by atomic mass is 9.75. The maximum atomic E-state index is 13.2. The zero-order valence-corrected chi connectivity index (χ0v) is 16.9. The van der Waals surface area contributed by atoms with Crippen molar-refractivity contribution < 1.29 is 9.53 Å². The number of amides is 1. The Labute approximate surface area is 165 Å². The smallest absolute Gasteiger partial charge is 0.254 e. The van der Waals surface area contributed by atoms with E-state index in [0.29, 0.717) is 18.9 Å². The number of aromatic nitrogens is 2. The number of methoxy groups -OCH3 is 1. The summed E-state index contributed by atoms with van der Waals surface area (Å²) in [5.74, 6) is 0.811. The molecule has 1 aromatic heterocycles. The van der Waals surface area contributed by atoms with Crippen LogP contribution in [0.15, 0.2) is 4.79 Å². The van der Waals surface area contributed by atoms with Crippen LogP contribution in [0, 0.1) is 6.92 Å². The van der Waals surface area contributed by atoms with E-state index in [4.69, 9.17) is 4.74 Å². The van der Waals surface area contributed by atoms with Crippen LogP contribution >= 0.6 is 12.4 Å². The van der Waals surface area contributed by atoms with Crippen LogP contribution in [0.4, 0.5) is 0 Å². The van der Waals surface area contributed by atoms with E-state index >= 15 is 0 Å². The van der Waals surface area contributed by atoms with Gasteiger partial charge in [-0.3, -0.25) is 9.59 Å². The first kappa shape index (κ1) is 20.3. The molecule has 3 heterocycles. The van der Waals surface area contributed by atoms with E-state index in [-0.39, 0.29) is 29.3 Å². The number of carbonyl (C=O) groups excluding carboxylic acids is 1. The molecule has 1 amide bonds. The highest BCUT2D eigenvalue weighted by Gasteiger charge is 2.48. The number of ether oxygens (including phenoxy) is 1. The topological polar surface area (TPSA) is 87.3 Å². The lowest BCUT2D eigenvalue weighted by Gasteiger charge is -2.44. The van der Waals surface area contributed by atoms with Crippen molar-refractivity contribution >= 4 is 18.3 Å². The highest BCUT2D eigenvalue weighted by molar-refractivity contribution is 5.86. The van der Waals surface area contributed by atoms with Crippen LogP contribution in [0.2, 0.25) is 0 Å². The molecule has 1 aliphatic carbocycles. The van der Waals surface area contributed by atoms with Crippen molar-refractivity contribution in [3.05, 3.63) is 27.4 Å². The van der Waals surface area contributed by atoms with Gasteiger partial charge >= 0.3 is 0 Å². The molecule has 0 saturated carbocycles. The van der Waals surface area contributed by atoms with Gasteiger partial charge in [0.05, 0.1) is 5.69 Å². The molecule has 4 rings (SSSR count). The van der Waals surface area contributed by atoms with Crippen molar-refractivity contribution in [1.29, 1.82) is 0 Å². The fourth-order valence-corrected chi connectivity index (χ4v) is 5.01. The Bertz CT molecular complexity index is 765. The summed E-state index contributed by atoms with van der Waals surface area (Å²) in [6.07, 6.45) is 4.95. The number of carbonyl (C=O) groups is 1. The SMILES string of the molecule is COC1(C(=O)N2CCC3(CCc4c3nc(C)[nH]c4=O)CC2)CCNCC1.Cl. The summed E-state index contributed by atoms with van der Waals surface area (Å²) in [4.78, 5) is 34.9. The molecule has 2 N–H and O–H groups in total. The van der Waals surface area contributed by atoms with Crippen molar-refractivity contribution in [2.24, 2.45) is 0 Å². The molecule has 2 fully saturated rings. The first-order chi connectivity index (χ1) is 12.5. The van der Waals surface area contributed by atoms with E-state index in [9.17, 15) is 9.59 Å². The number of rotatable bonds is 2. The molecule has 1 spiro atoms. The van der Waals surface area contributed by atoms with Crippen LogP contribution in [0.3, 0.4) is 0 Å². The van der Waals surface area contributed by atoms with Gasteiger partial charge in [-0.05, 0) is 58.5 Å². The highest BCUT2D eigenvalue weighted by Crippen LogP contribution is 2.44. The molecular formula is C19H29ClN4O3. The van der Waals surface area contributed by atoms with E-state index in [2.05, 4.69) is 15.3 Å². The third kappa shape index (κ3) is 3.30. The summed E-state index contributed by atoms with van der Waals surface area (Å²) in [5, 5.41) is 3.30. The second kappa shape index (κ2) is 7.53. The molecular weight excluding hydrogens is 368 g/mol. The molecule has 0 atom stereocenters. The van der Waals surface area contributed by atoms with Gasteiger partial charge in [0.25, 0.3) is 11.5 Å². The Kier molecular flexibility index (Phi) is 5.66. The molecule has 2 saturated heterocycles. The predicted octanol–water partition coefficient (Wildman–Crippen LogP) is 1.08. The third-order valence-corrected chi connectivity index (χ3v) is 6.69. The second-order valence-electron chi connectivity index (χ2n) is 8.00. The summed E-state index contributed by atoms with van der Waals surface area (Å²) in [5.41, 5.74) is 1.13. The zero-order valence-electron chi connectivity index (χ0n) is 16.1. The van der Waals surface area contributed by atoms with E-state index in [1.807, 2.05) is 11.8 Å². The Morgan fingerprint density at radius 3 is 2.44 bits per heavy atom. The van der Waals surface area contributed by atoms with Crippen molar-refractivity contribution in [3.8, 4) is 0 Å². The van der Waals surface area contributed by atoms with Gasteiger partial charge in [-0.25, -0.2) is 4.98 Å². The van der Waals surface area contributed by atoms with Gasteiger partial charge in [-0.15, -0.1) is 12.4 Å². The predicted molar refractivity (Wildman–Crippen MR) is 104 cm³/mol. The minimum absolute atomic E-state index is 0. The number of aromatic amines is 1. The van der Waals surface area contributed by atoms with Gasteiger partial charge in [-0.1, -0.05) is 0 Å². The van der Waals surface area contributed by atoms with Gasteiger partial charge in [0.1, 0.15) is 11.4 Å². The molecule has 0 bridgehead atoms. The van der Waals surface area contributed by atoms with Crippen LogP contribution in [0.5, 0.6) is 0 Å². The van der Waals surface area contributed by atoms with Crippen molar-refractivity contribution in [2.75, 3.05) is 33.3 Å². The lowest BCUT2D eigenvalue weighted by Crippen LogP contribution is -2.57. The number of piperidine rings is 2. The Balaban J connectivity index is 0.00000210. The number of H-pyrrole nitrogens is 1. The van der Waals surface area contributed by atoms with E-state index in [1.54, 1.807) is 7.11 Å². The Morgan fingerprint density at radius 2 is 1.81 bits per heavy atom. The van der Waals surface area contributed by atoms with Crippen molar-refractivity contribution in [2.45, 2.75) is 56.5 Å². The van der Waals surface area contributed by atoms with Crippen molar-refractivity contribution in [1.82, 2.24) is 20.2 Å². The maximum absolute atomic E-state index is 13.2. The maximum Gasteiger partial charge on any atom is 0.254 e. The molecule has 0 radical (unpaired) electrons. The Hall–Kier alpha value is -1.44. The summed E-state index contributed by atoms with van der Waals surface area (Å²) < 4.78 is 5.71. The molecule has 0 unspecified atom stereocenters. The summed E-state index contributed by atoms with van der Waals surface area (Å²) in [6, 6.07) is 0. The largest absolute Gasteiger partial charge is 0.368 e. The zero-order chi connectivity index (χ0) is 18.4. The van der Waals surface area contributed by atoms with Gasteiger partial charge < -0.3 is 19.9 Å². The molecule has 150 valence electrons. The standard InChI is InChI=1S/C19H28N4O3.ClH/c1-13-21-15-14(16(24)22-13)3-4-18(15)7-11-23(12-8-18)17(25)19(26-2)5-9-20-10-6-19;/h20H,3-12H2,1-2H3,(H,21,22,24);1H. The number of nitrogens with zero attached hydrogens (tertiary/aromatic N) is 2. The van der Waals surface area contributed by atoms with Gasteiger partial charge in [0.2, 0.25) is 0 Å². The number of hydrogen-bond donors (Lipinski definition) is 2. The number of aryl methyl sites for hydroxylation is 1. The number of halogens is 1. The fourth-order valence-electron chi connectivity index (χ4n) is 5.01. The number of hydrogen-bond acceptors (Lipinski definition) is 5. The van der Waals surface area contributed by atoms with Gasteiger partial charge in [0.15, 0.2) is 0 Å². The monoisotopic (exact) mass is 396 g/mol. The van der Waals surface area contributed by atoms with E-state index in [1.165, 1.54) is 0 Å². The summed E-state index contributed by atoms with van der Waals surface area (Å²) in [6.45, 7) is 4.90. The van der Waals surface area contributed by atoms with E-state index < -0.39 is 5.60 Å². The second-order valence-corrected chi connectivity index (χ2v) is 8.00. The molecule has 2 aliphatic heterocycles. The van der Waals surface area contributed by atoms with Crippen LogP contribution in [-0.4, -0.2) is 59.7 Å². The highest BCUT2D eigenvalue weighted by atomic mass is 35.5. The fraction of sp³-hybridized carbons (Fsp3) is 0.737. The average Bonchev–Trinajstić information content (AvgIpc) is 3.01. The Morgan fingerprint density at radius 1 is 1.15 bits per heavy atom. The van der Waals surface area contributed by atoms with Crippen LogP contribution in [0.1, 0.15) is 49.2 Å². The third-order valence-electron chi connectivity index (χ3n) is 6.69. The lowest BCUT2D eigenvalue weighted by molar-refractivity contribution is -0.160. The first-order valence-electron chi connectivity index (χ1n) is 9.65. The minimum Gasteiger partial charge on any atom is -0.368 e. The minimum atomic E-state index is -0.671. The normalized spacial score (nSPS) is 23.0. The van der Waals surface area contributed by atoms with Crippen LogP contribution < -0.4 is 10.9 Å². The molecule has 1 aromatic rings. The number of likely N-dealkylation sites (tertiary alicyclic amines) is 1. The molecule has 0 aromatic carbocycles. The number of fused-ring (bicyclic) bond motifs is 2. The van der Waals surface area contributed by atoms with Gasteiger partial charge in [0, 0.05) is 31.2 Å². The molecule has 3 aliphatic rings. The average molecular weight is 397 g/mol. The molecule has 8 heteroatoms. The van der Waals surface area contributed by atoms with Crippen LogP contribution in [0.25, 0.3) is 0 Å². The quantitative estimate of drug-likeness (QED) is 0.781. The first-order valence-corrected chi connectivity index (χ1v) is 9.65. The van der Waals surface area contributed by atoms with Crippen LogP contribution in [-0.2, 0) is 21.4 Å². The molecule has 7 nitrogen and oxygen atoms in total. The van der Waals surface area contributed by atoms with Gasteiger partial charge in [-0.2, -0.15) is 0 Å². The molecule has 27 heavy (non-hydrogen) atoms. The number of nitrogens with one attached hydrogen (secondary N) is 2. The summed E-state index contributed by atoms with van der Waals surface area (Å²) >= 11 is 0.